The lowest BCUT2D eigenvalue weighted by atomic mass is 10.2. The summed E-state index contributed by atoms with van der Waals surface area (Å²) in [5.74, 6) is 0.908. The maximum Gasteiger partial charge on any atom is 0.219 e. The van der Waals surface area contributed by atoms with Gasteiger partial charge in [-0.25, -0.2) is 0 Å². The van der Waals surface area contributed by atoms with Gasteiger partial charge in [0.25, 0.3) is 0 Å². The predicted molar refractivity (Wildman–Crippen MR) is 76.5 cm³/mol. The molecule has 1 saturated heterocycles. The van der Waals surface area contributed by atoms with Crippen LogP contribution in [0.3, 0.4) is 0 Å². The van der Waals surface area contributed by atoms with Gasteiger partial charge in [-0.3, -0.25) is 4.79 Å². The first kappa shape index (κ1) is 13.5. The molecule has 5 nitrogen and oxygen atoms in total. The van der Waals surface area contributed by atoms with E-state index in [0.29, 0.717) is 0 Å². The van der Waals surface area contributed by atoms with Crippen LogP contribution in [-0.2, 0) is 4.79 Å². The normalized spacial score (nSPS) is 16.1. The minimum atomic E-state index is 0.143. The molecule has 0 aromatic heterocycles. The number of amides is 1. The number of ether oxygens (including phenoxy) is 1. The van der Waals surface area contributed by atoms with Crippen molar-refractivity contribution in [2.45, 2.75) is 13.3 Å². The van der Waals surface area contributed by atoms with E-state index in [1.807, 2.05) is 23.1 Å². The highest BCUT2D eigenvalue weighted by molar-refractivity contribution is 5.74. The SMILES string of the molecule is COc1ccc(N2CCCN(C(C)=O)CC2)c(N)c1. The topological polar surface area (TPSA) is 58.8 Å². The van der Waals surface area contributed by atoms with Gasteiger partial charge in [-0.15, -0.1) is 0 Å². The Balaban J connectivity index is 2.12. The quantitative estimate of drug-likeness (QED) is 0.818. The fourth-order valence-corrected chi connectivity index (χ4v) is 2.42. The highest BCUT2D eigenvalue weighted by Gasteiger charge is 2.18. The van der Waals surface area contributed by atoms with Gasteiger partial charge in [0.2, 0.25) is 5.91 Å². The summed E-state index contributed by atoms with van der Waals surface area (Å²) >= 11 is 0. The Labute approximate surface area is 113 Å². The molecular formula is C14H21N3O2. The van der Waals surface area contributed by atoms with Crippen molar-refractivity contribution in [2.75, 3.05) is 43.9 Å². The molecule has 1 fully saturated rings. The summed E-state index contributed by atoms with van der Waals surface area (Å²) in [6, 6.07) is 5.74. The minimum absolute atomic E-state index is 0.143. The van der Waals surface area contributed by atoms with Crippen LogP contribution < -0.4 is 15.4 Å². The molecule has 0 radical (unpaired) electrons. The minimum Gasteiger partial charge on any atom is -0.497 e. The van der Waals surface area contributed by atoms with Crippen LogP contribution in [0.5, 0.6) is 5.75 Å². The Hall–Kier alpha value is -1.91. The van der Waals surface area contributed by atoms with E-state index in [0.717, 1.165) is 49.7 Å². The number of methoxy groups -OCH3 is 1. The van der Waals surface area contributed by atoms with Crippen molar-refractivity contribution in [3.63, 3.8) is 0 Å². The van der Waals surface area contributed by atoms with Gasteiger partial charge in [-0.05, 0) is 18.6 Å². The number of nitrogens with zero attached hydrogens (tertiary/aromatic N) is 2. The van der Waals surface area contributed by atoms with Gasteiger partial charge in [0.05, 0.1) is 18.5 Å². The predicted octanol–water partition coefficient (Wildman–Crippen LogP) is 1.34. The number of anilines is 2. The average molecular weight is 263 g/mol. The van der Waals surface area contributed by atoms with E-state index in [4.69, 9.17) is 10.5 Å². The third-order valence-electron chi connectivity index (χ3n) is 3.52. The van der Waals surface area contributed by atoms with Gasteiger partial charge in [0, 0.05) is 39.2 Å². The number of benzene rings is 1. The average Bonchev–Trinajstić information content (AvgIpc) is 2.64. The van der Waals surface area contributed by atoms with Crippen molar-refractivity contribution in [3.8, 4) is 5.75 Å². The molecule has 0 unspecified atom stereocenters. The molecule has 1 aliphatic rings. The molecule has 2 N–H and O–H groups in total. The molecule has 1 aromatic rings. The Kier molecular flexibility index (Phi) is 4.14. The number of nitrogens with two attached hydrogens (primary N) is 1. The van der Waals surface area contributed by atoms with Crippen LogP contribution in [0.2, 0.25) is 0 Å². The van der Waals surface area contributed by atoms with Crippen LogP contribution in [0, 0.1) is 0 Å². The first-order valence-electron chi connectivity index (χ1n) is 6.56. The van der Waals surface area contributed by atoms with Crippen LogP contribution in [0.15, 0.2) is 18.2 Å². The molecule has 104 valence electrons. The zero-order valence-electron chi connectivity index (χ0n) is 11.6. The standard InChI is InChI=1S/C14H21N3O2/c1-11(18)16-6-3-7-17(9-8-16)14-5-4-12(19-2)10-13(14)15/h4-5,10H,3,6-9,15H2,1-2H3. The Morgan fingerprint density at radius 1 is 1.26 bits per heavy atom. The van der Waals surface area contributed by atoms with E-state index in [-0.39, 0.29) is 5.91 Å². The van der Waals surface area contributed by atoms with E-state index < -0.39 is 0 Å². The zero-order chi connectivity index (χ0) is 13.8. The Morgan fingerprint density at radius 2 is 2.05 bits per heavy atom. The molecule has 0 atom stereocenters. The van der Waals surface area contributed by atoms with Gasteiger partial charge >= 0.3 is 0 Å². The van der Waals surface area contributed by atoms with E-state index in [2.05, 4.69) is 4.90 Å². The highest BCUT2D eigenvalue weighted by atomic mass is 16.5. The van der Waals surface area contributed by atoms with Crippen molar-refractivity contribution in [3.05, 3.63) is 18.2 Å². The van der Waals surface area contributed by atoms with Crippen LogP contribution in [0.25, 0.3) is 0 Å². The van der Waals surface area contributed by atoms with Crippen LogP contribution in [0.1, 0.15) is 13.3 Å². The third kappa shape index (κ3) is 3.10. The molecule has 5 heteroatoms. The van der Waals surface area contributed by atoms with Crippen molar-refractivity contribution >= 4 is 17.3 Å². The molecular weight excluding hydrogens is 242 g/mol. The lowest BCUT2D eigenvalue weighted by Gasteiger charge is -2.24. The Bertz CT molecular complexity index is 462. The van der Waals surface area contributed by atoms with Crippen molar-refractivity contribution in [1.29, 1.82) is 0 Å². The van der Waals surface area contributed by atoms with Crippen LogP contribution in [-0.4, -0.2) is 44.1 Å². The number of hydrogen-bond acceptors (Lipinski definition) is 4. The second kappa shape index (κ2) is 5.82. The molecule has 19 heavy (non-hydrogen) atoms. The van der Waals surface area contributed by atoms with Gasteiger partial charge in [-0.1, -0.05) is 0 Å². The molecule has 0 aliphatic carbocycles. The van der Waals surface area contributed by atoms with E-state index in [1.165, 1.54) is 0 Å². The molecule has 1 heterocycles. The van der Waals surface area contributed by atoms with Gasteiger partial charge in [0.15, 0.2) is 0 Å². The first-order valence-corrected chi connectivity index (χ1v) is 6.56. The molecule has 1 aliphatic heterocycles. The van der Waals surface area contributed by atoms with Gasteiger partial charge in [0.1, 0.15) is 5.75 Å². The summed E-state index contributed by atoms with van der Waals surface area (Å²) in [6.45, 7) is 4.93. The van der Waals surface area contributed by atoms with E-state index in [9.17, 15) is 4.79 Å². The van der Waals surface area contributed by atoms with Crippen molar-refractivity contribution in [2.24, 2.45) is 0 Å². The number of carbonyl (C=O) groups is 1. The van der Waals surface area contributed by atoms with Gasteiger partial charge in [-0.2, -0.15) is 0 Å². The monoisotopic (exact) mass is 263 g/mol. The summed E-state index contributed by atoms with van der Waals surface area (Å²) in [6.07, 6.45) is 0.963. The molecule has 0 bridgehead atoms. The molecule has 0 spiro atoms. The number of rotatable bonds is 2. The molecule has 2 rings (SSSR count). The maximum absolute atomic E-state index is 11.4. The maximum atomic E-state index is 11.4. The summed E-state index contributed by atoms with van der Waals surface area (Å²) < 4.78 is 5.16. The summed E-state index contributed by atoms with van der Waals surface area (Å²) in [7, 11) is 1.63. The lowest BCUT2D eigenvalue weighted by molar-refractivity contribution is -0.128. The highest BCUT2D eigenvalue weighted by Crippen LogP contribution is 2.28. The fraction of sp³-hybridized carbons (Fsp3) is 0.500. The van der Waals surface area contributed by atoms with Gasteiger partial charge < -0.3 is 20.3 Å². The second-order valence-corrected chi connectivity index (χ2v) is 4.77. The fourth-order valence-electron chi connectivity index (χ4n) is 2.42. The van der Waals surface area contributed by atoms with E-state index >= 15 is 0 Å². The molecule has 0 saturated carbocycles. The van der Waals surface area contributed by atoms with E-state index in [1.54, 1.807) is 14.0 Å². The number of hydrogen-bond donors (Lipinski definition) is 1. The van der Waals surface area contributed by atoms with Crippen molar-refractivity contribution < 1.29 is 9.53 Å². The summed E-state index contributed by atoms with van der Waals surface area (Å²) in [5.41, 5.74) is 7.81. The van der Waals surface area contributed by atoms with Crippen LogP contribution in [0.4, 0.5) is 11.4 Å². The molecule has 1 amide bonds. The smallest absolute Gasteiger partial charge is 0.219 e. The Morgan fingerprint density at radius 3 is 2.68 bits per heavy atom. The number of carbonyl (C=O) groups excluding carboxylic acids is 1. The molecule has 1 aromatic carbocycles. The number of nitrogen functional groups attached to an aromatic ring is 1. The van der Waals surface area contributed by atoms with Crippen LogP contribution >= 0.6 is 0 Å². The second-order valence-electron chi connectivity index (χ2n) is 4.77. The largest absolute Gasteiger partial charge is 0.497 e. The lowest BCUT2D eigenvalue weighted by Crippen LogP contribution is -2.33. The first-order chi connectivity index (χ1) is 9.11. The zero-order valence-corrected chi connectivity index (χ0v) is 11.6. The van der Waals surface area contributed by atoms with Crippen molar-refractivity contribution in [1.82, 2.24) is 4.90 Å². The summed E-state index contributed by atoms with van der Waals surface area (Å²) in [5, 5.41) is 0. The summed E-state index contributed by atoms with van der Waals surface area (Å²) in [4.78, 5) is 15.5. The third-order valence-corrected chi connectivity index (χ3v) is 3.52.